The van der Waals surface area contributed by atoms with Crippen molar-refractivity contribution in [1.29, 1.82) is 0 Å². The van der Waals surface area contributed by atoms with E-state index < -0.39 is 23.3 Å². The summed E-state index contributed by atoms with van der Waals surface area (Å²) >= 11 is 0. The number of alkyl halides is 3. The van der Waals surface area contributed by atoms with Gasteiger partial charge in [0.15, 0.2) is 5.60 Å². The number of carboxylic acid groups (broad SMARTS) is 1. The lowest BCUT2D eigenvalue weighted by molar-refractivity contribution is -0.152. The Kier molecular flexibility index (Phi) is 7.24. The number of carbonyl (C=O) groups excluding carboxylic acids is 1. The molecule has 0 aliphatic rings. The highest BCUT2D eigenvalue weighted by molar-refractivity contribution is 5.95. The fourth-order valence-electron chi connectivity index (χ4n) is 3.40. The normalized spacial score (nSPS) is 12.7. The van der Waals surface area contributed by atoms with E-state index in [2.05, 4.69) is 5.32 Å². The zero-order chi connectivity index (χ0) is 26.0. The summed E-state index contributed by atoms with van der Waals surface area (Å²) in [6.45, 7) is 6.55. The molecule has 0 saturated heterocycles. The third kappa shape index (κ3) is 6.20. The third-order valence-corrected chi connectivity index (χ3v) is 5.62. The summed E-state index contributed by atoms with van der Waals surface area (Å²) in [6.07, 6.45) is -4.39. The number of carbonyl (C=O) groups is 2. The van der Waals surface area contributed by atoms with Gasteiger partial charge in [-0.25, -0.2) is 4.79 Å². The van der Waals surface area contributed by atoms with E-state index >= 15 is 0 Å². The van der Waals surface area contributed by atoms with Crippen LogP contribution in [0, 0.1) is 6.92 Å². The van der Waals surface area contributed by atoms with E-state index in [4.69, 9.17) is 4.74 Å². The number of hydrogen-bond acceptors (Lipinski definition) is 3. The molecule has 0 spiro atoms. The molecule has 0 aromatic heterocycles. The van der Waals surface area contributed by atoms with Crippen molar-refractivity contribution in [3.63, 3.8) is 0 Å². The quantitative estimate of drug-likeness (QED) is 0.405. The molecule has 3 aromatic carbocycles. The van der Waals surface area contributed by atoms with Crippen LogP contribution in [-0.4, -0.2) is 22.6 Å². The zero-order valence-corrected chi connectivity index (χ0v) is 19.7. The van der Waals surface area contributed by atoms with Crippen molar-refractivity contribution in [3.8, 4) is 16.9 Å². The van der Waals surface area contributed by atoms with Crippen LogP contribution < -0.4 is 10.1 Å². The molecule has 2 N–H and O–H groups in total. The number of aliphatic carboxylic acids is 1. The first kappa shape index (κ1) is 25.8. The topological polar surface area (TPSA) is 75.6 Å². The van der Waals surface area contributed by atoms with E-state index in [-0.39, 0.29) is 11.9 Å². The van der Waals surface area contributed by atoms with Gasteiger partial charge >= 0.3 is 12.1 Å². The maximum Gasteiger partial charge on any atom is 0.416 e. The van der Waals surface area contributed by atoms with E-state index in [9.17, 15) is 27.9 Å². The van der Waals surface area contributed by atoms with E-state index in [0.717, 1.165) is 23.3 Å². The molecule has 0 saturated carbocycles. The van der Waals surface area contributed by atoms with Crippen LogP contribution in [0.1, 0.15) is 53.9 Å². The summed E-state index contributed by atoms with van der Waals surface area (Å²) < 4.78 is 43.9. The SMILES string of the molecule is Cc1cc(C(C)NC(=O)c2ccc(-c3ccc(C(F)(F)F)cc3)cc2)ccc1OC(C)(C)C(=O)O. The Hall–Kier alpha value is -3.81. The van der Waals surface area contributed by atoms with Crippen LogP contribution in [0.2, 0.25) is 0 Å². The first-order valence-corrected chi connectivity index (χ1v) is 10.9. The van der Waals surface area contributed by atoms with Gasteiger partial charge in [-0.15, -0.1) is 0 Å². The fourth-order valence-corrected chi connectivity index (χ4v) is 3.40. The average Bonchev–Trinajstić information content (AvgIpc) is 2.79. The summed E-state index contributed by atoms with van der Waals surface area (Å²) in [5.74, 6) is -0.939. The van der Waals surface area contributed by atoms with Crippen molar-refractivity contribution >= 4 is 11.9 Å². The molecule has 0 aliphatic carbocycles. The Labute approximate surface area is 201 Å². The van der Waals surface area contributed by atoms with Crippen molar-refractivity contribution in [3.05, 3.63) is 89.0 Å². The summed E-state index contributed by atoms with van der Waals surface area (Å²) in [7, 11) is 0. The van der Waals surface area contributed by atoms with Crippen LogP contribution in [0.25, 0.3) is 11.1 Å². The molecule has 0 heterocycles. The molecule has 1 unspecified atom stereocenters. The molecule has 0 aliphatic heterocycles. The predicted molar refractivity (Wildman–Crippen MR) is 126 cm³/mol. The van der Waals surface area contributed by atoms with Crippen molar-refractivity contribution in [2.24, 2.45) is 0 Å². The summed E-state index contributed by atoms with van der Waals surface area (Å²) in [4.78, 5) is 24.0. The van der Waals surface area contributed by atoms with Crippen LogP contribution in [0.5, 0.6) is 5.75 Å². The highest BCUT2D eigenvalue weighted by atomic mass is 19.4. The number of amides is 1. The van der Waals surface area contributed by atoms with Crippen molar-refractivity contribution in [2.75, 3.05) is 0 Å². The van der Waals surface area contributed by atoms with Crippen LogP contribution in [0.15, 0.2) is 66.7 Å². The average molecular weight is 486 g/mol. The Balaban J connectivity index is 1.67. The lowest BCUT2D eigenvalue weighted by atomic mass is 10.0. The van der Waals surface area contributed by atoms with E-state index in [0.29, 0.717) is 22.4 Å². The van der Waals surface area contributed by atoms with Crippen molar-refractivity contribution in [1.82, 2.24) is 5.32 Å². The molecular formula is C27H26F3NO4. The lowest BCUT2D eigenvalue weighted by Crippen LogP contribution is -2.38. The van der Waals surface area contributed by atoms with Crippen LogP contribution in [0.3, 0.4) is 0 Å². The maximum absolute atomic E-state index is 12.8. The molecule has 0 fully saturated rings. The molecule has 1 amide bonds. The third-order valence-electron chi connectivity index (χ3n) is 5.62. The molecule has 5 nitrogen and oxygen atoms in total. The molecule has 3 aromatic rings. The molecule has 0 radical (unpaired) electrons. The first-order valence-electron chi connectivity index (χ1n) is 10.9. The number of hydrogen-bond donors (Lipinski definition) is 2. The van der Waals surface area contributed by atoms with Gasteiger partial charge in [0.1, 0.15) is 5.75 Å². The predicted octanol–water partition coefficient (Wildman–Crippen LogP) is 6.41. The highest BCUT2D eigenvalue weighted by Crippen LogP contribution is 2.31. The maximum atomic E-state index is 12.8. The minimum absolute atomic E-state index is 0.304. The van der Waals surface area contributed by atoms with Gasteiger partial charge in [0.2, 0.25) is 0 Å². The molecule has 184 valence electrons. The van der Waals surface area contributed by atoms with Crippen LogP contribution in [0.4, 0.5) is 13.2 Å². The number of carboxylic acids is 1. The fraction of sp³-hybridized carbons (Fsp3) is 0.259. The lowest BCUT2D eigenvalue weighted by Gasteiger charge is -2.23. The van der Waals surface area contributed by atoms with E-state index in [1.165, 1.54) is 26.0 Å². The number of halogens is 3. The second-order valence-corrected chi connectivity index (χ2v) is 8.79. The van der Waals surface area contributed by atoms with Crippen LogP contribution >= 0.6 is 0 Å². The number of nitrogens with one attached hydrogen (secondary N) is 1. The van der Waals surface area contributed by atoms with Gasteiger partial charge in [-0.1, -0.05) is 36.4 Å². The summed E-state index contributed by atoms with van der Waals surface area (Å²) in [5.41, 5.74) is 1.18. The Morgan fingerprint density at radius 1 is 0.914 bits per heavy atom. The van der Waals surface area contributed by atoms with Gasteiger partial charge < -0.3 is 15.2 Å². The van der Waals surface area contributed by atoms with Gasteiger partial charge in [0.25, 0.3) is 5.91 Å². The molecular weight excluding hydrogens is 459 g/mol. The Morgan fingerprint density at radius 3 is 1.94 bits per heavy atom. The number of rotatable bonds is 7. The minimum atomic E-state index is -4.39. The molecule has 35 heavy (non-hydrogen) atoms. The number of benzene rings is 3. The smallest absolute Gasteiger partial charge is 0.416 e. The van der Waals surface area contributed by atoms with Crippen molar-refractivity contribution in [2.45, 2.75) is 45.5 Å². The monoisotopic (exact) mass is 485 g/mol. The van der Waals surface area contributed by atoms with Crippen molar-refractivity contribution < 1.29 is 32.6 Å². The summed E-state index contributed by atoms with van der Waals surface area (Å²) in [5, 5.41) is 12.2. The van der Waals surface area contributed by atoms with Gasteiger partial charge in [0, 0.05) is 5.56 Å². The first-order chi connectivity index (χ1) is 16.3. The molecule has 0 bridgehead atoms. The van der Waals surface area contributed by atoms with Gasteiger partial charge in [-0.2, -0.15) is 13.2 Å². The summed E-state index contributed by atoms with van der Waals surface area (Å²) in [6, 6.07) is 16.4. The molecule has 8 heteroatoms. The van der Waals surface area contributed by atoms with E-state index in [1.807, 2.05) is 13.0 Å². The Morgan fingerprint density at radius 2 is 1.46 bits per heavy atom. The molecule has 3 rings (SSSR count). The van der Waals surface area contributed by atoms with Gasteiger partial charge in [0.05, 0.1) is 11.6 Å². The van der Waals surface area contributed by atoms with Gasteiger partial charge in [-0.05, 0) is 80.3 Å². The second-order valence-electron chi connectivity index (χ2n) is 8.79. The standard InChI is InChI=1S/C27H26F3NO4/c1-16-15-21(11-14-23(16)35-26(3,4)25(33)34)17(2)31-24(32)20-7-5-18(6-8-20)19-9-12-22(13-10-19)27(28,29)30/h5-15,17H,1-4H3,(H,31,32)(H,33,34). The van der Waals surface area contributed by atoms with Crippen LogP contribution in [-0.2, 0) is 11.0 Å². The Bertz CT molecular complexity index is 1220. The van der Waals surface area contributed by atoms with E-state index in [1.54, 1.807) is 43.3 Å². The highest BCUT2D eigenvalue weighted by Gasteiger charge is 2.30. The number of ether oxygens (including phenoxy) is 1. The largest absolute Gasteiger partial charge is 0.478 e. The number of aryl methyl sites for hydroxylation is 1. The van der Waals surface area contributed by atoms with Gasteiger partial charge in [-0.3, -0.25) is 4.79 Å². The minimum Gasteiger partial charge on any atom is -0.478 e. The zero-order valence-electron chi connectivity index (χ0n) is 19.7. The second kappa shape index (κ2) is 9.82. The molecule has 1 atom stereocenters.